The lowest BCUT2D eigenvalue weighted by atomic mass is 9.63. The van der Waals surface area contributed by atoms with E-state index in [1.807, 2.05) is 0 Å². The molecule has 2 rings (SSSR count). The molecule has 3 nitrogen and oxygen atoms in total. The molecule has 110 valence electrons. The zero-order valence-electron chi connectivity index (χ0n) is 13.2. The average Bonchev–Trinajstić information content (AvgIpc) is 2.56. The summed E-state index contributed by atoms with van der Waals surface area (Å²) in [7, 11) is -0.350. The summed E-state index contributed by atoms with van der Waals surface area (Å²) in [5, 5.41) is 0.186. The van der Waals surface area contributed by atoms with Crippen LogP contribution in [0.25, 0.3) is 0 Å². The molecule has 4 heteroatoms. The summed E-state index contributed by atoms with van der Waals surface area (Å²) >= 11 is 0. The van der Waals surface area contributed by atoms with Gasteiger partial charge in [0.2, 0.25) is 0 Å². The lowest BCUT2D eigenvalue weighted by molar-refractivity contribution is -0.177. The molecule has 0 aliphatic heterocycles. The number of ether oxygens (including phenoxy) is 1. The molecule has 3 atom stereocenters. The zero-order chi connectivity index (χ0) is 14.5. The van der Waals surface area contributed by atoms with Gasteiger partial charge in [-0.2, -0.15) is 0 Å². The summed E-state index contributed by atoms with van der Waals surface area (Å²) in [5.74, 6) is 0.474. The Kier molecular flexibility index (Phi) is 3.63. The highest BCUT2D eigenvalue weighted by Gasteiger charge is 2.64. The Morgan fingerprint density at radius 3 is 2.42 bits per heavy atom. The third-order valence-corrected chi connectivity index (χ3v) is 10.2. The Bertz CT molecular complexity index is 372. The van der Waals surface area contributed by atoms with Gasteiger partial charge < -0.3 is 9.16 Å². The number of hydrogen-bond acceptors (Lipinski definition) is 3. The van der Waals surface area contributed by atoms with E-state index in [2.05, 4.69) is 33.9 Å². The van der Waals surface area contributed by atoms with Gasteiger partial charge in [0.1, 0.15) is 0 Å². The number of carbonyl (C=O) groups is 1. The summed E-state index contributed by atoms with van der Waals surface area (Å²) in [6, 6.07) is 0. The number of esters is 1. The first-order chi connectivity index (χ1) is 8.64. The topological polar surface area (TPSA) is 35.5 Å². The van der Waals surface area contributed by atoms with Crippen LogP contribution in [-0.2, 0) is 14.0 Å². The van der Waals surface area contributed by atoms with E-state index in [0.717, 1.165) is 12.8 Å². The van der Waals surface area contributed by atoms with Crippen molar-refractivity contribution < 1.29 is 14.0 Å². The Morgan fingerprint density at radius 2 is 1.95 bits per heavy atom. The van der Waals surface area contributed by atoms with Gasteiger partial charge in [-0.1, -0.05) is 27.2 Å². The van der Waals surface area contributed by atoms with Crippen LogP contribution < -0.4 is 0 Å². The van der Waals surface area contributed by atoms with Gasteiger partial charge in [-0.3, -0.25) is 4.79 Å². The number of carbonyl (C=O) groups excluding carboxylic acids is 1. The van der Waals surface area contributed by atoms with Crippen molar-refractivity contribution in [3.8, 4) is 0 Å². The summed E-state index contributed by atoms with van der Waals surface area (Å²) in [5.41, 5.74) is -0.198. The molecule has 0 aromatic heterocycles. The van der Waals surface area contributed by atoms with Crippen molar-refractivity contribution in [3.63, 3.8) is 0 Å². The third-order valence-electron chi connectivity index (χ3n) is 5.66. The molecule has 2 aliphatic rings. The van der Waals surface area contributed by atoms with Crippen LogP contribution >= 0.6 is 0 Å². The fourth-order valence-electron chi connectivity index (χ4n) is 3.44. The molecule has 2 fully saturated rings. The second kappa shape index (κ2) is 4.59. The number of rotatable bonds is 3. The summed E-state index contributed by atoms with van der Waals surface area (Å²) in [6.07, 6.45) is 4.39. The summed E-state index contributed by atoms with van der Waals surface area (Å²) in [6.45, 7) is 11.3. The van der Waals surface area contributed by atoms with Gasteiger partial charge in [0.05, 0.1) is 18.6 Å². The highest BCUT2D eigenvalue weighted by atomic mass is 28.4. The molecular weight excluding hydrogens is 256 g/mol. The van der Waals surface area contributed by atoms with E-state index in [9.17, 15) is 4.79 Å². The first-order valence-corrected chi connectivity index (χ1v) is 10.3. The molecule has 0 heterocycles. The van der Waals surface area contributed by atoms with E-state index >= 15 is 0 Å². The maximum atomic E-state index is 12.0. The van der Waals surface area contributed by atoms with Crippen molar-refractivity contribution in [3.05, 3.63) is 0 Å². The second-order valence-corrected chi connectivity index (χ2v) is 12.4. The normalized spacial score (nSPS) is 34.6. The van der Waals surface area contributed by atoms with Crippen LogP contribution in [0.15, 0.2) is 0 Å². The first-order valence-electron chi connectivity index (χ1n) is 7.42. The molecule has 19 heavy (non-hydrogen) atoms. The van der Waals surface area contributed by atoms with Crippen molar-refractivity contribution in [1.29, 1.82) is 0 Å². The van der Waals surface area contributed by atoms with Gasteiger partial charge in [0, 0.05) is 0 Å². The van der Waals surface area contributed by atoms with Gasteiger partial charge in [-0.25, -0.2) is 0 Å². The van der Waals surface area contributed by atoms with Gasteiger partial charge in [-0.05, 0) is 43.3 Å². The fourth-order valence-corrected chi connectivity index (χ4v) is 5.11. The monoisotopic (exact) mass is 284 g/mol. The Hall–Kier alpha value is -0.353. The van der Waals surface area contributed by atoms with Gasteiger partial charge in [-0.15, -0.1) is 0 Å². The van der Waals surface area contributed by atoms with Crippen LogP contribution in [-0.4, -0.2) is 27.0 Å². The molecule has 0 saturated heterocycles. The fraction of sp³-hybridized carbons (Fsp3) is 0.933. The average molecular weight is 284 g/mol. The molecule has 2 aliphatic carbocycles. The third kappa shape index (κ3) is 2.27. The van der Waals surface area contributed by atoms with Crippen LogP contribution in [0.2, 0.25) is 18.1 Å². The maximum absolute atomic E-state index is 12.0. The van der Waals surface area contributed by atoms with E-state index in [0.29, 0.717) is 5.92 Å². The Morgan fingerprint density at radius 1 is 1.32 bits per heavy atom. The van der Waals surface area contributed by atoms with E-state index in [1.54, 1.807) is 0 Å². The largest absolute Gasteiger partial charge is 0.469 e. The van der Waals surface area contributed by atoms with Gasteiger partial charge in [0.25, 0.3) is 0 Å². The number of hydrogen-bond donors (Lipinski definition) is 0. The molecule has 0 amide bonds. The molecule has 0 aromatic carbocycles. The maximum Gasteiger partial charge on any atom is 0.311 e. The molecule has 1 unspecified atom stereocenters. The van der Waals surface area contributed by atoms with E-state index in [4.69, 9.17) is 9.16 Å². The number of methoxy groups -OCH3 is 1. The molecule has 2 saturated carbocycles. The van der Waals surface area contributed by atoms with Crippen LogP contribution in [0.3, 0.4) is 0 Å². The van der Waals surface area contributed by atoms with E-state index in [-0.39, 0.29) is 22.5 Å². The van der Waals surface area contributed by atoms with Crippen LogP contribution in [0.5, 0.6) is 0 Å². The highest BCUT2D eigenvalue weighted by molar-refractivity contribution is 6.74. The molecule has 0 N–H and O–H groups in total. The van der Waals surface area contributed by atoms with E-state index in [1.165, 1.54) is 20.0 Å². The Labute approximate surface area is 118 Å². The van der Waals surface area contributed by atoms with E-state index < -0.39 is 8.32 Å². The molecule has 0 bridgehead atoms. The predicted octanol–water partition coefficient (Wildman–Crippen LogP) is 3.74. The Balaban J connectivity index is 2.22. The van der Waals surface area contributed by atoms with Crippen LogP contribution in [0, 0.1) is 11.8 Å². The minimum atomic E-state index is -1.84. The highest BCUT2D eigenvalue weighted by Crippen LogP contribution is 2.59. The molecule has 0 spiro atoms. The van der Waals surface area contributed by atoms with Crippen molar-refractivity contribution in [2.45, 2.75) is 70.2 Å². The SMILES string of the molecule is COC(=O)C1C[C@@H]2CCC[C@]12O[Si](C)(C)C(C)(C)C. The quantitative estimate of drug-likeness (QED) is 0.585. The second-order valence-electron chi connectivity index (χ2n) is 7.72. The first kappa shape index (κ1) is 15.0. The summed E-state index contributed by atoms with van der Waals surface area (Å²) < 4.78 is 11.7. The predicted molar refractivity (Wildman–Crippen MR) is 78.5 cm³/mol. The van der Waals surface area contributed by atoms with Crippen LogP contribution in [0.1, 0.15) is 46.5 Å². The van der Waals surface area contributed by atoms with Gasteiger partial charge in [0.15, 0.2) is 8.32 Å². The molecule has 0 aromatic rings. The molecular formula is C15H28O3Si. The standard InChI is InChI=1S/C15H28O3Si/c1-14(2,3)19(5,6)18-15-9-7-8-11(15)10-12(15)13(16)17-4/h11-12H,7-10H2,1-6H3/t11-,12?,15+/m0/s1. The van der Waals surface area contributed by atoms with Crippen LogP contribution in [0.4, 0.5) is 0 Å². The number of fused-ring (bicyclic) bond motifs is 1. The lowest BCUT2D eigenvalue weighted by Crippen LogP contribution is -2.63. The minimum Gasteiger partial charge on any atom is -0.469 e. The zero-order valence-corrected chi connectivity index (χ0v) is 14.2. The smallest absolute Gasteiger partial charge is 0.311 e. The van der Waals surface area contributed by atoms with Crippen molar-refractivity contribution in [2.75, 3.05) is 7.11 Å². The summed E-state index contributed by atoms with van der Waals surface area (Å²) in [4.78, 5) is 12.0. The minimum absolute atomic E-state index is 0.0286. The van der Waals surface area contributed by atoms with Gasteiger partial charge >= 0.3 is 5.97 Å². The molecule has 0 radical (unpaired) electrons. The van der Waals surface area contributed by atoms with Crippen molar-refractivity contribution in [2.24, 2.45) is 11.8 Å². The lowest BCUT2D eigenvalue weighted by Gasteiger charge is -2.56. The van der Waals surface area contributed by atoms with Crippen molar-refractivity contribution in [1.82, 2.24) is 0 Å². The van der Waals surface area contributed by atoms with Crippen molar-refractivity contribution >= 4 is 14.3 Å².